The third kappa shape index (κ3) is 6.06. The number of nitrogens with zero attached hydrogens (tertiary/aromatic N) is 2. The van der Waals surface area contributed by atoms with Gasteiger partial charge in [0.1, 0.15) is 11.0 Å². The molecule has 1 aromatic carbocycles. The Morgan fingerprint density at radius 2 is 2.32 bits per heavy atom. The number of benzene rings is 1. The minimum Gasteiger partial charge on any atom is -0.492 e. The van der Waals surface area contributed by atoms with Gasteiger partial charge in [0.05, 0.1) is 24.3 Å². The molecule has 0 spiro atoms. The maximum atomic E-state index is 11.6. The monoisotopic (exact) mass is 383 g/mol. The number of rotatable bonds is 8. The maximum absolute atomic E-state index is 11.6. The van der Waals surface area contributed by atoms with E-state index in [0.29, 0.717) is 17.4 Å². The molecule has 0 aliphatic carbocycles. The average molecular weight is 384 g/mol. The topological polar surface area (TPSA) is 100 Å². The van der Waals surface area contributed by atoms with Gasteiger partial charge in [-0.05, 0) is 30.2 Å². The molecule has 1 unspecified atom stereocenters. The number of carbonyl (C=O) groups excluding carboxylic acids is 1. The molecule has 0 aromatic heterocycles. The number of ether oxygens (including phenoxy) is 1. The van der Waals surface area contributed by atoms with E-state index in [2.05, 4.69) is 22.4 Å². The van der Waals surface area contributed by atoms with Crippen LogP contribution in [-0.4, -0.2) is 40.2 Å². The standard InChI is InChI=1S/C16H18ClN3O4S/c1-2-3-6-24-12-5-4-10(7-11(12)17)9-18-20-16-19-15(23)13(25-16)8-14(21)22/h4-5,7,9,13H,2-3,6,8H2,1H3,(H,21,22)(H,19,20,23). The van der Waals surface area contributed by atoms with Crippen LogP contribution in [0.3, 0.4) is 0 Å². The van der Waals surface area contributed by atoms with Crippen LogP contribution in [0.25, 0.3) is 0 Å². The lowest BCUT2D eigenvalue weighted by molar-refractivity contribution is -0.138. The van der Waals surface area contributed by atoms with Crippen LogP contribution in [0.15, 0.2) is 28.4 Å². The lowest BCUT2D eigenvalue weighted by Crippen LogP contribution is -2.26. The fourth-order valence-corrected chi connectivity index (χ4v) is 3.09. The molecule has 1 aromatic rings. The Morgan fingerprint density at radius 3 is 3.00 bits per heavy atom. The number of carboxylic acids is 1. The molecule has 0 radical (unpaired) electrons. The van der Waals surface area contributed by atoms with Gasteiger partial charge in [-0.1, -0.05) is 36.7 Å². The number of nitrogens with one attached hydrogen (secondary N) is 1. The molecule has 1 aliphatic rings. The first-order chi connectivity index (χ1) is 12.0. The third-order valence-electron chi connectivity index (χ3n) is 3.20. The molecule has 1 saturated heterocycles. The van der Waals surface area contributed by atoms with Gasteiger partial charge in [-0.2, -0.15) is 5.10 Å². The van der Waals surface area contributed by atoms with E-state index in [9.17, 15) is 9.59 Å². The maximum Gasteiger partial charge on any atom is 0.305 e. The molecule has 0 saturated carbocycles. The van der Waals surface area contributed by atoms with Crippen molar-refractivity contribution < 1.29 is 19.4 Å². The molecular formula is C16H18ClN3O4S. The van der Waals surface area contributed by atoms with E-state index >= 15 is 0 Å². The smallest absolute Gasteiger partial charge is 0.305 e. The first-order valence-corrected chi connectivity index (χ1v) is 8.98. The van der Waals surface area contributed by atoms with E-state index in [1.807, 2.05) is 0 Å². The predicted octanol–water partition coefficient (Wildman–Crippen LogP) is 2.92. The van der Waals surface area contributed by atoms with Crippen molar-refractivity contribution in [3.05, 3.63) is 28.8 Å². The Labute approximate surface area is 154 Å². The van der Waals surface area contributed by atoms with Gasteiger partial charge in [-0.25, -0.2) is 0 Å². The predicted molar refractivity (Wildman–Crippen MR) is 98.7 cm³/mol. The fourth-order valence-electron chi connectivity index (χ4n) is 1.93. The van der Waals surface area contributed by atoms with E-state index in [1.54, 1.807) is 18.2 Å². The summed E-state index contributed by atoms with van der Waals surface area (Å²) in [7, 11) is 0. The van der Waals surface area contributed by atoms with Crippen LogP contribution in [0.5, 0.6) is 5.75 Å². The summed E-state index contributed by atoms with van der Waals surface area (Å²) in [5, 5.41) is 19.1. The van der Waals surface area contributed by atoms with Crippen LogP contribution in [-0.2, 0) is 9.59 Å². The lowest BCUT2D eigenvalue weighted by Gasteiger charge is -2.07. The van der Waals surface area contributed by atoms with Crippen molar-refractivity contribution in [2.45, 2.75) is 31.4 Å². The molecule has 134 valence electrons. The molecular weight excluding hydrogens is 366 g/mol. The number of hydrogen-bond donors (Lipinski definition) is 2. The van der Waals surface area contributed by atoms with E-state index in [-0.39, 0.29) is 17.5 Å². The molecule has 1 heterocycles. The van der Waals surface area contributed by atoms with Gasteiger partial charge in [-0.3, -0.25) is 9.59 Å². The molecule has 7 nitrogen and oxygen atoms in total. The van der Waals surface area contributed by atoms with Crippen LogP contribution in [0.2, 0.25) is 5.02 Å². The Morgan fingerprint density at radius 1 is 1.52 bits per heavy atom. The summed E-state index contributed by atoms with van der Waals surface area (Å²) >= 11 is 7.21. The number of hydrogen-bond acceptors (Lipinski definition) is 6. The molecule has 25 heavy (non-hydrogen) atoms. The van der Waals surface area contributed by atoms with Crippen molar-refractivity contribution >= 4 is 46.6 Å². The summed E-state index contributed by atoms with van der Waals surface area (Å²) < 4.78 is 5.57. The number of aliphatic carboxylic acids is 1. The zero-order valence-corrected chi connectivity index (χ0v) is 15.1. The lowest BCUT2D eigenvalue weighted by atomic mass is 10.2. The highest BCUT2D eigenvalue weighted by atomic mass is 35.5. The normalized spacial score (nSPS) is 18.7. The van der Waals surface area contributed by atoms with Crippen LogP contribution in [0, 0.1) is 0 Å². The van der Waals surface area contributed by atoms with Gasteiger partial charge in [0.25, 0.3) is 0 Å². The van der Waals surface area contributed by atoms with Gasteiger partial charge >= 0.3 is 5.97 Å². The first-order valence-electron chi connectivity index (χ1n) is 7.72. The van der Waals surface area contributed by atoms with Gasteiger partial charge in [0.2, 0.25) is 5.91 Å². The van der Waals surface area contributed by atoms with Gasteiger partial charge in [-0.15, -0.1) is 5.10 Å². The quantitative estimate of drug-likeness (QED) is 0.408. The molecule has 1 aliphatic heterocycles. The number of thioether (sulfide) groups is 1. The molecule has 0 bridgehead atoms. The van der Waals surface area contributed by atoms with Crippen molar-refractivity contribution in [2.24, 2.45) is 10.2 Å². The Balaban J connectivity index is 1.94. The summed E-state index contributed by atoms with van der Waals surface area (Å²) in [6, 6.07) is 5.27. The van der Waals surface area contributed by atoms with E-state index in [4.69, 9.17) is 21.4 Å². The van der Waals surface area contributed by atoms with Crippen molar-refractivity contribution in [3.8, 4) is 5.75 Å². The van der Waals surface area contributed by atoms with Crippen LogP contribution in [0.4, 0.5) is 0 Å². The Hall–Kier alpha value is -2.06. The fraction of sp³-hybridized carbons (Fsp3) is 0.375. The zero-order valence-electron chi connectivity index (χ0n) is 13.6. The highest BCUT2D eigenvalue weighted by molar-refractivity contribution is 8.15. The Bertz CT molecular complexity index is 709. The number of halogens is 1. The van der Waals surface area contributed by atoms with Crippen LogP contribution < -0.4 is 10.1 Å². The number of amides is 1. The van der Waals surface area contributed by atoms with Crippen molar-refractivity contribution in [2.75, 3.05) is 6.61 Å². The van der Waals surface area contributed by atoms with Crippen LogP contribution in [0.1, 0.15) is 31.7 Å². The summed E-state index contributed by atoms with van der Waals surface area (Å²) in [5.74, 6) is -0.792. The van der Waals surface area contributed by atoms with E-state index in [1.165, 1.54) is 6.21 Å². The summed E-state index contributed by atoms with van der Waals surface area (Å²) in [6.45, 7) is 2.70. The molecule has 2 N–H and O–H groups in total. The number of carboxylic acid groups (broad SMARTS) is 1. The van der Waals surface area contributed by atoms with Gasteiger partial charge in [0.15, 0.2) is 5.17 Å². The summed E-state index contributed by atoms with van der Waals surface area (Å²) in [4.78, 5) is 22.2. The van der Waals surface area contributed by atoms with Crippen molar-refractivity contribution in [1.82, 2.24) is 5.32 Å². The minimum absolute atomic E-state index is 0.256. The second kappa shape index (κ2) is 9.43. The highest BCUT2D eigenvalue weighted by Gasteiger charge is 2.32. The van der Waals surface area contributed by atoms with Crippen molar-refractivity contribution in [3.63, 3.8) is 0 Å². The first kappa shape index (κ1) is 19.3. The average Bonchev–Trinajstić information content (AvgIpc) is 2.89. The second-order valence-electron chi connectivity index (χ2n) is 5.24. The molecule has 1 amide bonds. The highest BCUT2D eigenvalue weighted by Crippen LogP contribution is 2.25. The zero-order chi connectivity index (χ0) is 18.2. The number of unbranched alkanes of at least 4 members (excludes halogenated alkanes) is 1. The largest absolute Gasteiger partial charge is 0.492 e. The number of carbonyl (C=O) groups is 2. The summed E-state index contributed by atoms with van der Waals surface area (Å²) in [5.41, 5.74) is 0.730. The summed E-state index contributed by atoms with van der Waals surface area (Å²) in [6.07, 6.45) is 3.24. The number of amidine groups is 1. The van der Waals surface area contributed by atoms with Gasteiger partial charge < -0.3 is 15.2 Å². The Kier molecular flexibility index (Phi) is 7.27. The van der Waals surface area contributed by atoms with Gasteiger partial charge in [0, 0.05) is 0 Å². The molecule has 9 heteroatoms. The second-order valence-corrected chi connectivity index (χ2v) is 6.83. The van der Waals surface area contributed by atoms with E-state index < -0.39 is 11.2 Å². The van der Waals surface area contributed by atoms with E-state index in [0.717, 1.165) is 30.2 Å². The SMILES string of the molecule is CCCCOc1ccc(C=NN=C2NC(=O)C(CC(=O)O)S2)cc1Cl. The third-order valence-corrected chi connectivity index (χ3v) is 4.57. The minimum atomic E-state index is -1.03. The van der Waals surface area contributed by atoms with Crippen molar-refractivity contribution in [1.29, 1.82) is 0 Å². The van der Waals surface area contributed by atoms with Crippen LogP contribution >= 0.6 is 23.4 Å². The molecule has 1 atom stereocenters. The molecule has 2 rings (SSSR count). The molecule has 1 fully saturated rings.